The first-order valence-electron chi connectivity index (χ1n) is 5.81. The summed E-state index contributed by atoms with van der Waals surface area (Å²) in [5.41, 5.74) is 1.75. The van der Waals surface area contributed by atoms with E-state index in [0.717, 1.165) is 5.92 Å². The molecule has 0 amide bonds. The van der Waals surface area contributed by atoms with Crippen molar-refractivity contribution in [2.45, 2.75) is 47.0 Å². The van der Waals surface area contributed by atoms with Gasteiger partial charge in [0.2, 0.25) is 0 Å². The van der Waals surface area contributed by atoms with Crippen LogP contribution in [0.2, 0.25) is 0 Å². The summed E-state index contributed by atoms with van der Waals surface area (Å²) >= 11 is 0. The van der Waals surface area contributed by atoms with Crippen molar-refractivity contribution in [3.05, 3.63) is 18.0 Å². The summed E-state index contributed by atoms with van der Waals surface area (Å²) in [6.07, 6.45) is 5.33. The van der Waals surface area contributed by atoms with E-state index in [9.17, 15) is 0 Å². The fourth-order valence-electron chi connectivity index (χ4n) is 1.84. The van der Waals surface area contributed by atoms with Crippen LogP contribution in [-0.2, 0) is 7.05 Å². The highest BCUT2D eigenvalue weighted by Crippen LogP contribution is 2.36. The molecular formula is C13H24N2. The lowest BCUT2D eigenvalue weighted by atomic mass is 9.74. The average molecular weight is 208 g/mol. The van der Waals surface area contributed by atoms with Crippen LogP contribution < -0.4 is 0 Å². The molecule has 15 heavy (non-hydrogen) atoms. The molecule has 1 unspecified atom stereocenters. The third kappa shape index (κ3) is 3.08. The van der Waals surface area contributed by atoms with Gasteiger partial charge >= 0.3 is 0 Å². The molecule has 0 aliphatic rings. The van der Waals surface area contributed by atoms with E-state index in [0.29, 0.717) is 11.3 Å². The molecule has 1 aromatic heterocycles. The Labute approximate surface area is 93.7 Å². The summed E-state index contributed by atoms with van der Waals surface area (Å²) in [4.78, 5) is 0. The Hall–Kier alpha value is -0.790. The fraction of sp³-hybridized carbons (Fsp3) is 0.769. The molecule has 86 valence electrons. The average Bonchev–Trinajstić information content (AvgIpc) is 2.50. The number of nitrogens with zero attached hydrogens (tertiary/aromatic N) is 2. The molecule has 1 aromatic rings. The van der Waals surface area contributed by atoms with Gasteiger partial charge in [0.15, 0.2) is 0 Å². The van der Waals surface area contributed by atoms with Crippen LogP contribution in [0.15, 0.2) is 12.4 Å². The Balaban J connectivity index is 2.67. The van der Waals surface area contributed by atoms with Crippen molar-refractivity contribution in [3.63, 3.8) is 0 Å². The van der Waals surface area contributed by atoms with E-state index >= 15 is 0 Å². The normalized spacial score (nSPS) is 14.6. The minimum atomic E-state index is 0.398. The molecule has 0 aliphatic carbocycles. The van der Waals surface area contributed by atoms with Crippen molar-refractivity contribution >= 4 is 0 Å². The maximum absolute atomic E-state index is 4.23. The highest BCUT2D eigenvalue weighted by atomic mass is 15.2. The summed E-state index contributed by atoms with van der Waals surface area (Å²) in [6, 6.07) is 0. The highest BCUT2D eigenvalue weighted by molar-refractivity contribution is 5.10. The van der Waals surface area contributed by atoms with Gasteiger partial charge in [0.25, 0.3) is 0 Å². The zero-order valence-electron chi connectivity index (χ0n) is 10.9. The zero-order valence-corrected chi connectivity index (χ0v) is 10.9. The van der Waals surface area contributed by atoms with Gasteiger partial charge in [0.05, 0.1) is 6.20 Å². The Kier molecular flexibility index (Phi) is 3.58. The number of aryl methyl sites for hydroxylation is 1. The van der Waals surface area contributed by atoms with E-state index < -0.39 is 0 Å². The molecule has 0 radical (unpaired) electrons. The van der Waals surface area contributed by atoms with Gasteiger partial charge in [0.1, 0.15) is 0 Å². The van der Waals surface area contributed by atoms with Gasteiger partial charge in [-0.2, -0.15) is 5.10 Å². The predicted octanol–water partition coefficient (Wildman–Crippen LogP) is 3.60. The van der Waals surface area contributed by atoms with Gasteiger partial charge in [-0.15, -0.1) is 0 Å². The van der Waals surface area contributed by atoms with Crippen LogP contribution in [0, 0.1) is 11.3 Å². The second-order valence-electron chi connectivity index (χ2n) is 5.70. The molecule has 0 saturated carbocycles. The van der Waals surface area contributed by atoms with Crippen LogP contribution in [0.1, 0.15) is 52.5 Å². The molecule has 0 spiro atoms. The van der Waals surface area contributed by atoms with Crippen LogP contribution in [0.25, 0.3) is 0 Å². The lowest BCUT2D eigenvalue weighted by Crippen LogP contribution is -2.21. The largest absolute Gasteiger partial charge is 0.276 e. The van der Waals surface area contributed by atoms with Gasteiger partial charge in [-0.05, 0) is 29.2 Å². The van der Waals surface area contributed by atoms with E-state index in [1.54, 1.807) is 0 Å². The van der Waals surface area contributed by atoms with Gasteiger partial charge < -0.3 is 0 Å². The van der Waals surface area contributed by atoms with Crippen LogP contribution in [0.4, 0.5) is 0 Å². The van der Waals surface area contributed by atoms with Crippen LogP contribution in [-0.4, -0.2) is 9.78 Å². The van der Waals surface area contributed by atoms with Crippen molar-refractivity contribution in [2.75, 3.05) is 0 Å². The molecule has 0 bridgehead atoms. The first-order chi connectivity index (χ1) is 6.83. The lowest BCUT2D eigenvalue weighted by Gasteiger charge is -2.31. The molecule has 0 fully saturated rings. The number of hydrogen-bond acceptors (Lipinski definition) is 1. The van der Waals surface area contributed by atoms with Crippen molar-refractivity contribution in [3.8, 4) is 0 Å². The summed E-state index contributed by atoms with van der Waals surface area (Å²) in [6.45, 7) is 11.6. The maximum atomic E-state index is 4.23. The predicted molar refractivity (Wildman–Crippen MR) is 64.9 cm³/mol. The Morgan fingerprint density at radius 1 is 1.33 bits per heavy atom. The van der Waals surface area contributed by atoms with E-state index in [1.807, 2.05) is 17.9 Å². The van der Waals surface area contributed by atoms with Crippen LogP contribution >= 0.6 is 0 Å². The molecule has 1 rings (SSSR count). The van der Waals surface area contributed by atoms with Crippen molar-refractivity contribution in [1.29, 1.82) is 0 Å². The summed E-state index contributed by atoms with van der Waals surface area (Å²) in [7, 11) is 1.98. The van der Waals surface area contributed by atoms with Crippen LogP contribution in [0.3, 0.4) is 0 Å². The molecule has 0 aliphatic heterocycles. The van der Waals surface area contributed by atoms with Crippen molar-refractivity contribution in [2.24, 2.45) is 18.4 Å². The van der Waals surface area contributed by atoms with Crippen LogP contribution in [0.5, 0.6) is 0 Å². The molecule has 1 heterocycles. The fourth-order valence-corrected chi connectivity index (χ4v) is 1.84. The maximum Gasteiger partial charge on any atom is 0.0524 e. The minimum Gasteiger partial charge on any atom is -0.276 e. The van der Waals surface area contributed by atoms with Gasteiger partial charge in [-0.25, -0.2) is 0 Å². The van der Waals surface area contributed by atoms with E-state index in [-0.39, 0.29) is 0 Å². The van der Waals surface area contributed by atoms with Gasteiger partial charge in [-0.3, -0.25) is 4.68 Å². The summed E-state index contributed by atoms with van der Waals surface area (Å²) in [5, 5.41) is 4.23. The monoisotopic (exact) mass is 208 g/mol. The summed E-state index contributed by atoms with van der Waals surface area (Å²) in [5.74, 6) is 1.31. The third-order valence-electron chi connectivity index (χ3n) is 3.69. The molecule has 0 N–H and O–H groups in total. The van der Waals surface area contributed by atoms with E-state index in [1.165, 1.54) is 12.0 Å². The molecular weight excluding hydrogens is 184 g/mol. The first-order valence-corrected chi connectivity index (χ1v) is 5.81. The third-order valence-corrected chi connectivity index (χ3v) is 3.69. The zero-order chi connectivity index (χ0) is 11.6. The molecule has 0 saturated heterocycles. The molecule has 2 nitrogen and oxygen atoms in total. The van der Waals surface area contributed by atoms with Gasteiger partial charge in [-0.1, -0.05) is 34.6 Å². The van der Waals surface area contributed by atoms with Crippen molar-refractivity contribution in [1.82, 2.24) is 9.78 Å². The topological polar surface area (TPSA) is 17.8 Å². The standard InChI is InChI=1S/C13H24N2/c1-10(2)13(4,5)7-11(3)12-8-14-15(6)9-12/h8-11H,7H2,1-6H3. The Bertz CT molecular complexity index is 310. The first kappa shape index (κ1) is 12.3. The summed E-state index contributed by atoms with van der Waals surface area (Å²) < 4.78 is 1.88. The highest BCUT2D eigenvalue weighted by Gasteiger charge is 2.25. The Morgan fingerprint density at radius 3 is 2.33 bits per heavy atom. The molecule has 1 atom stereocenters. The molecule has 0 aromatic carbocycles. The lowest BCUT2D eigenvalue weighted by molar-refractivity contribution is 0.215. The number of rotatable bonds is 4. The second-order valence-corrected chi connectivity index (χ2v) is 5.70. The second kappa shape index (κ2) is 4.38. The van der Waals surface area contributed by atoms with Crippen molar-refractivity contribution < 1.29 is 0 Å². The SMILES string of the molecule is CC(CC(C)(C)C(C)C)c1cnn(C)c1. The number of hydrogen-bond donors (Lipinski definition) is 0. The van der Waals surface area contributed by atoms with Gasteiger partial charge in [0, 0.05) is 13.2 Å². The quantitative estimate of drug-likeness (QED) is 0.739. The molecule has 2 heteroatoms. The van der Waals surface area contributed by atoms with E-state index in [2.05, 4.69) is 45.9 Å². The van der Waals surface area contributed by atoms with E-state index in [4.69, 9.17) is 0 Å². The minimum absolute atomic E-state index is 0.398. The Morgan fingerprint density at radius 2 is 1.93 bits per heavy atom. The smallest absolute Gasteiger partial charge is 0.0524 e. The number of aromatic nitrogens is 2.